The van der Waals surface area contributed by atoms with Crippen molar-refractivity contribution >= 4 is 23.9 Å². The minimum atomic E-state index is -0.968. The Kier molecular flexibility index (Phi) is 17.5. The third-order valence-electron chi connectivity index (χ3n) is 3.32. The van der Waals surface area contributed by atoms with E-state index in [4.69, 9.17) is 26.2 Å². The Hall–Kier alpha value is -3.06. The van der Waals surface area contributed by atoms with Crippen molar-refractivity contribution in [3.63, 3.8) is 0 Å². The quantitative estimate of drug-likeness (QED) is 0.258. The van der Waals surface area contributed by atoms with Crippen LogP contribution in [0.25, 0.3) is 0 Å². The van der Waals surface area contributed by atoms with Crippen LogP contribution >= 0.6 is 0 Å². The van der Waals surface area contributed by atoms with E-state index in [0.717, 1.165) is 24.9 Å². The molecule has 170 valence electrons. The summed E-state index contributed by atoms with van der Waals surface area (Å²) in [5.74, 6) is -3.61. The number of benzene rings is 1. The van der Waals surface area contributed by atoms with Gasteiger partial charge >= 0.3 is 23.9 Å². The molecule has 1 aromatic rings. The van der Waals surface area contributed by atoms with Crippen molar-refractivity contribution in [1.82, 2.24) is 5.32 Å². The van der Waals surface area contributed by atoms with Crippen LogP contribution in [0.3, 0.4) is 0 Å². The first kappa shape index (κ1) is 29.1. The minimum Gasteiger partial charge on any atom is -0.480 e. The van der Waals surface area contributed by atoms with E-state index in [-0.39, 0.29) is 19.1 Å². The molecule has 1 fully saturated rings. The second-order valence-corrected chi connectivity index (χ2v) is 5.82. The molecule has 30 heavy (non-hydrogen) atoms. The van der Waals surface area contributed by atoms with E-state index in [2.05, 4.69) is 16.8 Å². The van der Waals surface area contributed by atoms with Gasteiger partial charge in [-0.25, -0.2) is 0 Å². The van der Waals surface area contributed by atoms with Gasteiger partial charge in [0, 0.05) is 0 Å². The van der Waals surface area contributed by atoms with Crippen molar-refractivity contribution < 1.29 is 39.6 Å². The average molecular weight is 430 g/mol. The van der Waals surface area contributed by atoms with Crippen LogP contribution in [0.1, 0.15) is 18.4 Å². The van der Waals surface area contributed by atoms with Crippen LogP contribution in [0.5, 0.6) is 0 Å². The number of aliphatic carboxylic acids is 4. The molecule has 0 saturated carbocycles. The van der Waals surface area contributed by atoms with E-state index in [9.17, 15) is 19.2 Å². The molecule has 1 heterocycles. The highest BCUT2D eigenvalue weighted by Crippen LogP contribution is 2.03. The Bertz CT molecular complexity index is 622. The molecule has 1 aromatic carbocycles. The zero-order valence-electron chi connectivity index (χ0n) is 16.4. The highest BCUT2D eigenvalue weighted by atomic mass is 16.4. The fraction of sp³-hybridized carbons (Fsp3) is 0.444. The molecule has 1 saturated heterocycles. The molecular formula is C18H30N4O8. The van der Waals surface area contributed by atoms with E-state index >= 15 is 0 Å². The van der Waals surface area contributed by atoms with Crippen LogP contribution in [0.15, 0.2) is 30.3 Å². The second-order valence-electron chi connectivity index (χ2n) is 5.82. The smallest absolute Gasteiger partial charge is 0.320 e. The second kappa shape index (κ2) is 18.0. The van der Waals surface area contributed by atoms with Crippen LogP contribution < -0.4 is 22.5 Å². The predicted octanol–water partition coefficient (Wildman–Crippen LogP) is -1.48. The molecule has 1 aliphatic heterocycles. The lowest BCUT2D eigenvalue weighted by molar-refractivity contribution is -0.139. The zero-order chi connectivity index (χ0) is 23.5. The number of hydrogen-bond donors (Lipinski definition) is 8. The van der Waals surface area contributed by atoms with Gasteiger partial charge < -0.3 is 42.9 Å². The van der Waals surface area contributed by atoms with Crippen LogP contribution in [-0.4, -0.2) is 76.0 Å². The SMILES string of the molecule is NC(Cc1ccccc1)C(=O)O.NCC(=O)O.NCC(=O)O.O=C(O)[C@@H]1CCCN1. The highest BCUT2D eigenvalue weighted by Gasteiger charge is 2.20. The summed E-state index contributed by atoms with van der Waals surface area (Å²) in [6.07, 6.45) is 2.17. The fourth-order valence-corrected chi connectivity index (χ4v) is 1.85. The molecule has 11 N–H and O–H groups in total. The number of carbonyl (C=O) groups is 4. The monoisotopic (exact) mass is 430 g/mol. The van der Waals surface area contributed by atoms with Gasteiger partial charge in [0.2, 0.25) is 0 Å². The van der Waals surface area contributed by atoms with Crippen LogP contribution in [0.4, 0.5) is 0 Å². The maximum Gasteiger partial charge on any atom is 0.320 e. The summed E-state index contributed by atoms with van der Waals surface area (Å²) < 4.78 is 0. The summed E-state index contributed by atoms with van der Waals surface area (Å²) in [7, 11) is 0. The lowest BCUT2D eigenvalue weighted by atomic mass is 10.1. The Morgan fingerprint density at radius 2 is 1.43 bits per heavy atom. The molecule has 12 heteroatoms. The van der Waals surface area contributed by atoms with Crippen molar-refractivity contribution in [2.45, 2.75) is 31.3 Å². The molecule has 1 unspecified atom stereocenters. The highest BCUT2D eigenvalue weighted by molar-refractivity contribution is 5.74. The van der Waals surface area contributed by atoms with Gasteiger partial charge in [0.1, 0.15) is 12.1 Å². The first-order chi connectivity index (χ1) is 14.0. The maximum absolute atomic E-state index is 10.4. The third-order valence-corrected chi connectivity index (χ3v) is 3.32. The Morgan fingerprint density at radius 3 is 1.70 bits per heavy atom. The summed E-state index contributed by atoms with van der Waals surface area (Å²) in [5.41, 5.74) is 15.4. The van der Waals surface area contributed by atoms with Gasteiger partial charge in [0.05, 0.1) is 13.1 Å². The predicted molar refractivity (Wildman–Crippen MR) is 108 cm³/mol. The Labute approximate surface area is 173 Å². The molecule has 0 amide bonds. The summed E-state index contributed by atoms with van der Waals surface area (Å²) in [4.78, 5) is 39.0. The van der Waals surface area contributed by atoms with E-state index in [1.807, 2.05) is 30.3 Å². The van der Waals surface area contributed by atoms with E-state index < -0.39 is 29.9 Å². The normalized spacial score (nSPS) is 15.0. The van der Waals surface area contributed by atoms with Gasteiger partial charge in [0.15, 0.2) is 0 Å². The van der Waals surface area contributed by atoms with Crippen LogP contribution in [-0.2, 0) is 25.6 Å². The number of nitrogens with one attached hydrogen (secondary N) is 1. The number of rotatable bonds is 6. The minimum absolute atomic E-state index is 0.269. The number of nitrogens with two attached hydrogens (primary N) is 3. The van der Waals surface area contributed by atoms with Gasteiger partial charge in [-0.05, 0) is 31.4 Å². The molecule has 0 spiro atoms. The molecular weight excluding hydrogens is 400 g/mol. The van der Waals surface area contributed by atoms with Crippen molar-refractivity contribution in [3.05, 3.63) is 35.9 Å². The van der Waals surface area contributed by atoms with Gasteiger partial charge in [-0.2, -0.15) is 0 Å². The van der Waals surface area contributed by atoms with Crippen molar-refractivity contribution in [3.8, 4) is 0 Å². The third kappa shape index (κ3) is 18.3. The molecule has 2 atom stereocenters. The molecule has 12 nitrogen and oxygen atoms in total. The van der Waals surface area contributed by atoms with E-state index in [1.165, 1.54) is 0 Å². The number of hydrogen-bond acceptors (Lipinski definition) is 8. The van der Waals surface area contributed by atoms with Crippen molar-refractivity contribution in [2.24, 2.45) is 17.2 Å². The van der Waals surface area contributed by atoms with Gasteiger partial charge in [-0.1, -0.05) is 30.3 Å². The summed E-state index contributed by atoms with van der Waals surface area (Å²) in [6, 6.07) is 8.28. The van der Waals surface area contributed by atoms with Gasteiger partial charge in [0.25, 0.3) is 0 Å². The number of carboxylic acids is 4. The summed E-state index contributed by atoms with van der Waals surface area (Å²) in [6.45, 7) is 0.303. The Morgan fingerprint density at radius 1 is 0.967 bits per heavy atom. The maximum atomic E-state index is 10.4. The molecule has 0 radical (unpaired) electrons. The first-order valence-electron chi connectivity index (χ1n) is 8.87. The lowest BCUT2D eigenvalue weighted by Crippen LogP contribution is -2.32. The fourth-order valence-electron chi connectivity index (χ4n) is 1.85. The van der Waals surface area contributed by atoms with Crippen LogP contribution in [0, 0.1) is 0 Å². The number of carboxylic acid groups (broad SMARTS) is 4. The average Bonchev–Trinajstić information content (AvgIpc) is 3.25. The molecule has 0 aromatic heterocycles. The summed E-state index contributed by atoms with van der Waals surface area (Å²) in [5, 5.41) is 34.9. The van der Waals surface area contributed by atoms with Crippen LogP contribution in [0.2, 0.25) is 0 Å². The van der Waals surface area contributed by atoms with E-state index in [1.54, 1.807) is 0 Å². The van der Waals surface area contributed by atoms with Gasteiger partial charge in [-0.15, -0.1) is 0 Å². The summed E-state index contributed by atoms with van der Waals surface area (Å²) >= 11 is 0. The Balaban J connectivity index is 0. The van der Waals surface area contributed by atoms with Gasteiger partial charge in [-0.3, -0.25) is 19.2 Å². The molecule has 1 aliphatic rings. The zero-order valence-corrected chi connectivity index (χ0v) is 16.4. The van der Waals surface area contributed by atoms with E-state index in [0.29, 0.717) is 6.42 Å². The molecule has 2 rings (SSSR count). The molecule has 0 bridgehead atoms. The lowest BCUT2D eigenvalue weighted by Gasteiger charge is -2.04. The van der Waals surface area contributed by atoms with Crippen molar-refractivity contribution in [1.29, 1.82) is 0 Å². The molecule has 0 aliphatic carbocycles. The largest absolute Gasteiger partial charge is 0.480 e. The first-order valence-corrected chi connectivity index (χ1v) is 8.87. The van der Waals surface area contributed by atoms with Crippen molar-refractivity contribution in [2.75, 3.05) is 19.6 Å². The topological polar surface area (TPSA) is 239 Å². The standard InChI is InChI=1S/C9H11NO2.C5H9NO2.2C2H5NO2/c10-8(9(11)12)6-7-4-2-1-3-5-7;7-5(8)4-2-1-3-6-4;2*3-1-2(4)5/h1-5,8H,6,10H2,(H,11,12);4,6H,1-3H2,(H,7,8);2*1,3H2,(H,4,5)/t;4-;;/m.0../s1.